The number of aromatic hydroxyl groups is 1. The number of esters is 1. The summed E-state index contributed by atoms with van der Waals surface area (Å²) in [6.07, 6.45) is 0.884. The molecule has 0 aliphatic carbocycles. The lowest BCUT2D eigenvalue weighted by Crippen LogP contribution is -2.17. The van der Waals surface area contributed by atoms with Crippen molar-refractivity contribution < 1.29 is 34.0 Å². The summed E-state index contributed by atoms with van der Waals surface area (Å²) in [6, 6.07) is 8.93. The molecule has 0 saturated carbocycles. The second-order valence-corrected chi connectivity index (χ2v) is 6.92. The molecule has 7 nitrogen and oxygen atoms in total. The molecule has 0 bridgehead atoms. The average molecular weight is 402 g/mol. The fourth-order valence-corrected chi connectivity index (χ4v) is 3.59. The maximum Gasteiger partial charge on any atom is 0.302 e. The van der Waals surface area contributed by atoms with E-state index in [0.29, 0.717) is 30.1 Å². The standard InChI is InChI=1S/C22H26O7/c1-13(24)28-12-17-16-9-14(5-4-8-23)10-20(27-3)22(16)29-21(17)15-6-7-18(25)19(11-15)26-2/h6-7,9-11,17,21,23,25H,4-5,8,12H2,1-3H3/t17-,21+/m1/s1. The van der Waals surface area contributed by atoms with E-state index in [4.69, 9.17) is 24.1 Å². The number of benzene rings is 2. The molecule has 0 fully saturated rings. The average Bonchev–Trinajstić information content (AvgIpc) is 3.08. The number of ether oxygens (including phenoxy) is 4. The van der Waals surface area contributed by atoms with Gasteiger partial charge < -0.3 is 29.2 Å². The van der Waals surface area contributed by atoms with Crippen LogP contribution >= 0.6 is 0 Å². The summed E-state index contributed by atoms with van der Waals surface area (Å²) in [7, 11) is 3.06. The lowest BCUT2D eigenvalue weighted by molar-refractivity contribution is -0.141. The molecule has 2 N–H and O–H groups in total. The van der Waals surface area contributed by atoms with Crippen LogP contribution in [0.25, 0.3) is 0 Å². The highest BCUT2D eigenvalue weighted by molar-refractivity contribution is 5.66. The van der Waals surface area contributed by atoms with E-state index in [2.05, 4.69) is 0 Å². The monoisotopic (exact) mass is 402 g/mol. The van der Waals surface area contributed by atoms with Gasteiger partial charge in [-0.3, -0.25) is 4.79 Å². The summed E-state index contributed by atoms with van der Waals surface area (Å²) in [5, 5.41) is 19.1. The number of fused-ring (bicyclic) bond motifs is 1. The molecule has 0 radical (unpaired) electrons. The number of aryl methyl sites for hydroxylation is 1. The second kappa shape index (κ2) is 9.05. The number of aliphatic hydroxyl groups is 1. The summed E-state index contributed by atoms with van der Waals surface area (Å²) in [4.78, 5) is 11.5. The normalized spacial score (nSPS) is 17.4. The van der Waals surface area contributed by atoms with Crippen LogP contribution in [0, 0.1) is 0 Å². The summed E-state index contributed by atoms with van der Waals surface area (Å²) in [6.45, 7) is 1.61. The van der Waals surface area contributed by atoms with Gasteiger partial charge in [-0.15, -0.1) is 0 Å². The van der Waals surface area contributed by atoms with E-state index >= 15 is 0 Å². The molecule has 0 spiro atoms. The van der Waals surface area contributed by atoms with Crippen LogP contribution in [0.2, 0.25) is 0 Å². The first-order valence-electron chi connectivity index (χ1n) is 9.47. The molecule has 2 atom stereocenters. The quantitative estimate of drug-likeness (QED) is 0.655. The van der Waals surface area contributed by atoms with Crippen LogP contribution in [-0.4, -0.2) is 43.6 Å². The Morgan fingerprint density at radius 1 is 1.14 bits per heavy atom. The summed E-state index contributed by atoms with van der Waals surface area (Å²) < 4.78 is 22.3. The van der Waals surface area contributed by atoms with Crippen molar-refractivity contribution in [3.8, 4) is 23.0 Å². The molecule has 2 aromatic rings. The van der Waals surface area contributed by atoms with Gasteiger partial charge in [0.1, 0.15) is 12.7 Å². The van der Waals surface area contributed by atoms with E-state index < -0.39 is 6.10 Å². The number of phenolic OH excluding ortho intramolecular Hbond substituents is 1. The molecule has 1 aliphatic heterocycles. The Balaban J connectivity index is 2.03. The Hall–Kier alpha value is -2.93. The van der Waals surface area contributed by atoms with Crippen LogP contribution in [0.3, 0.4) is 0 Å². The number of methoxy groups -OCH3 is 2. The van der Waals surface area contributed by atoms with Crippen molar-refractivity contribution in [2.45, 2.75) is 31.8 Å². The molecule has 0 saturated heterocycles. The molecule has 29 heavy (non-hydrogen) atoms. The van der Waals surface area contributed by atoms with Gasteiger partial charge in [0.15, 0.2) is 23.0 Å². The third-order valence-electron chi connectivity index (χ3n) is 5.00. The second-order valence-electron chi connectivity index (χ2n) is 6.92. The zero-order valence-corrected chi connectivity index (χ0v) is 16.8. The Morgan fingerprint density at radius 3 is 2.55 bits per heavy atom. The third-order valence-corrected chi connectivity index (χ3v) is 5.00. The van der Waals surface area contributed by atoms with Crippen molar-refractivity contribution in [3.05, 3.63) is 47.0 Å². The minimum atomic E-state index is -0.444. The number of carbonyl (C=O) groups excluding carboxylic acids is 1. The minimum Gasteiger partial charge on any atom is -0.504 e. The van der Waals surface area contributed by atoms with E-state index in [1.165, 1.54) is 14.0 Å². The molecule has 2 aromatic carbocycles. The number of rotatable bonds is 8. The van der Waals surface area contributed by atoms with Gasteiger partial charge in [-0.05, 0) is 42.2 Å². The van der Waals surface area contributed by atoms with E-state index in [1.807, 2.05) is 12.1 Å². The predicted octanol–water partition coefficient (Wildman–Crippen LogP) is 3.11. The predicted molar refractivity (Wildman–Crippen MR) is 106 cm³/mol. The van der Waals surface area contributed by atoms with Crippen LogP contribution in [-0.2, 0) is 16.0 Å². The first-order chi connectivity index (χ1) is 14.0. The molecule has 1 aliphatic rings. The fraction of sp³-hybridized carbons (Fsp3) is 0.409. The zero-order valence-electron chi connectivity index (χ0n) is 16.8. The largest absolute Gasteiger partial charge is 0.504 e. The van der Waals surface area contributed by atoms with Crippen molar-refractivity contribution in [1.29, 1.82) is 0 Å². The smallest absolute Gasteiger partial charge is 0.302 e. The lowest BCUT2D eigenvalue weighted by atomic mass is 9.90. The van der Waals surface area contributed by atoms with Gasteiger partial charge in [-0.25, -0.2) is 0 Å². The Labute approximate surface area is 169 Å². The third kappa shape index (κ3) is 4.40. The van der Waals surface area contributed by atoms with Crippen molar-refractivity contribution in [2.24, 2.45) is 0 Å². The van der Waals surface area contributed by atoms with Gasteiger partial charge >= 0.3 is 5.97 Å². The van der Waals surface area contributed by atoms with Crippen LogP contribution in [0.1, 0.15) is 42.1 Å². The highest BCUT2D eigenvalue weighted by atomic mass is 16.5. The number of hydrogen-bond donors (Lipinski definition) is 2. The summed E-state index contributed by atoms with van der Waals surface area (Å²) in [5.74, 6) is 0.942. The Morgan fingerprint density at radius 2 is 1.90 bits per heavy atom. The maximum atomic E-state index is 11.5. The van der Waals surface area contributed by atoms with Crippen LogP contribution < -0.4 is 14.2 Å². The first kappa shape index (κ1) is 20.8. The topological polar surface area (TPSA) is 94.5 Å². The Bertz CT molecular complexity index is 878. The number of phenols is 1. The Kier molecular flexibility index (Phi) is 6.49. The molecule has 1 heterocycles. The van der Waals surface area contributed by atoms with Gasteiger partial charge in [-0.2, -0.15) is 0 Å². The molecule has 7 heteroatoms. The maximum absolute atomic E-state index is 11.5. The fourth-order valence-electron chi connectivity index (χ4n) is 3.59. The first-order valence-corrected chi connectivity index (χ1v) is 9.47. The van der Waals surface area contributed by atoms with E-state index in [9.17, 15) is 9.90 Å². The highest BCUT2D eigenvalue weighted by Crippen LogP contribution is 2.51. The van der Waals surface area contributed by atoms with E-state index in [0.717, 1.165) is 16.7 Å². The van der Waals surface area contributed by atoms with Gasteiger partial charge in [0, 0.05) is 19.1 Å². The SMILES string of the molecule is COc1cc([C@@H]2Oc3c(OC)cc(CCCO)cc3[C@H]2COC(C)=O)ccc1O. The van der Waals surface area contributed by atoms with Crippen molar-refractivity contribution in [3.63, 3.8) is 0 Å². The zero-order chi connectivity index (χ0) is 21.0. The van der Waals surface area contributed by atoms with Gasteiger partial charge in [0.2, 0.25) is 0 Å². The molecule has 156 valence electrons. The molecular formula is C22H26O7. The van der Waals surface area contributed by atoms with Crippen molar-refractivity contribution in [2.75, 3.05) is 27.4 Å². The lowest BCUT2D eigenvalue weighted by Gasteiger charge is -2.20. The number of aliphatic hydroxyl groups excluding tert-OH is 1. The summed E-state index contributed by atoms with van der Waals surface area (Å²) >= 11 is 0. The number of carbonyl (C=O) groups is 1. The molecule has 0 unspecified atom stereocenters. The van der Waals surface area contributed by atoms with Crippen LogP contribution in [0.5, 0.6) is 23.0 Å². The molecule has 3 rings (SSSR count). The molecule has 0 aromatic heterocycles. The van der Waals surface area contributed by atoms with Gasteiger partial charge in [0.25, 0.3) is 0 Å². The van der Waals surface area contributed by atoms with E-state index in [1.54, 1.807) is 25.3 Å². The summed E-state index contributed by atoms with van der Waals surface area (Å²) in [5.41, 5.74) is 2.68. The van der Waals surface area contributed by atoms with Gasteiger partial charge in [0.05, 0.1) is 20.1 Å². The van der Waals surface area contributed by atoms with Gasteiger partial charge in [-0.1, -0.05) is 12.1 Å². The number of hydrogen-bond acceptors (Lipinski definition) is 7. The van der Waals surface area contributed by atoms with Crippen LogP contribution in [0.15, 0.2) is 30.3 Å². The minimum absolute atomic E-state index is 0.0344. The molecular weight excluding hydrogens is 376 g/mol. The highest BCUT2D eigenvalue weighted by Gasteiger charge is 2.39. The van der Waals surface area contributed by atoms with E-state index in [-0.39, 0.29) is 30.9 Å². The van der Waals surface area contributed by atoms with Crippen molar-refractivity contribution >= 4 is 5.97 Å². The van der Waals surface area contributed by atoms with Crippen LogP contribution in [0.4, 0.5) is 0 Å². The van der Waals surface area contributed by atoms with Crippen molar-refractivity contribution in [1.82, 2.24) is 0 Å². The molecule has 0 amide bonds.